The minimum Gasteiger partial charge on any atom is -0.492 e. The van der Waals surface area contributed by atoms with Crippen LogP contribution in [-0.2, 0) is 0 Å². The van der Waals surface area contributed by atoms with Gasteiger partial charge in [-0.1, -0.05) is 43.0 Å². The van der Waals surface area contributed by atoms with E-state index in [1.807, 2.05) is 6.07 Å². The SMILES string of the molecule is CCCCSN[C@@H](C)c1ccc(Cl)c(OCC2CC2)c1. The molecule has 1 atom stereocenters. The number of hydrogen-bond acceptors (Lipinski definition) is 3. The lowest BCUT2D eigenvalue weighted by Crippen LogP contribution is -2.11. The number of hydrogen-bond donors (Lipinski definition) is 1. The van der Waals surface area contributed by atoms with Crippen LogP contribution in [0.3, 0.4) is 0 Å². The molecule has 1 aromatic carbocycles. The van der Waals surface area contributed by atoms with Crippen molar-refractivity contribution in [3.63, 3.8) is 0 Å². The van der Waals surface area contributed by atoms with E-state index in [1.54, 1.807) is 11.9 Å². The van der Waals surface area contributed by atoms with Crippen LogP contribution in [0, 0.1) is 5.92 Å². The smallest absolute Gasteiger partial charge is 0.138 e. The first kappa shape index (κ1) is 16.0. The van der Waals surface area contributed by atoms with Crippen LogP contribution in [-0.4, -0.2) is 12.4 Å². The van der Waals surface area contributed by atoms with E-state index in [0.29, 0.717) is 11.1 Å². The van der Waals surface area contributed by atoms with Gasteiger partial charge in [0.05, 0.1) is 11.6 Å². The molecule has 0 heterocycles. The lowest BCUT2D eigenvalue weighted by molar-refractivity contribution is 0.299. The van der Waals surface area contributed by atoms with Crippen molar-refractivity contribution in [3.05, 3.63) is 28.8 Å². The van der Waals surface area contributed by atoms with E-state index in [9.17, 15) is 0 Å². The van der Waals surface area contributed by atoms with Gasteiger partial charge in [0.1, 0.15) is 5.75 Å². The fraction of sp³-hybridized carbons (Fsp3) is 0.625. The molecule has 0 aliphatic heterocycles. The molecule has 0 amide bonds. The van der Waals surface area contributed by atoms with Gasteiger partial charge >= 0.3 is 0 Å². The quantitative estimate of drug-likeness (QED) is 0.498. The molecule has 2 rings (SSSR count). The van der Waals surface area contributed by atoms with Gasteiger partial charge in [-0.3, -0.25) is 4.72 Å². The zero-order valence-electron chi connectivity index (χ0n) is 12.3. The minimum atomic E-state index is 0.303. The summed E-state index contributed by atoms with van der Waals surface area (Å²) < 4.78 is 9.30. The van der Waals surface area contributed by atoms with E-state index in [0.717, 1.165) is 24.0 Å². The van der Waals surface area contributed by atoms with Gasteiger partial charge < -0.3 is 4.74 Å². The van der Waals surface area contributed by atoms with Crippen LogP contribution < -0.4 is 9.46 Å². The normalized spacial score (nSPS) is 16.1. The molecule has 0 bridgehead atoms. The van der Waals surface area contributed by atoms with Crippen molar-refractivity contribution < 1.29 is 4.74 Å². The van der Waals surface area contributed by atoms with Crippen LogP contribution in [0.4, 0.5) is 0 Å². The van der Waals surface area contributed by atoms with Gasteiger partial charge in [0.25, 0.3) is 0 Å². The molecule has 0 unspecified atom stereocenters. The number of halogens is 1. The second-order valence-electron chi connectivity index (χ2n) is 5.49. The molecule has 1 N–H and O–H groups in total. The highest BCUT2D eigenvalue weighted by Gasteiger charge is 2.22. The molecule has 1 saturated carbocycles. The van der Waals surface area contributed by atoms with Gasteiger partial charge in [-0.25, -0.2) is 0 Å². The molecule has 1 aliphatic rings. The Morgan fingerprint density at radius 3 is 2.95 bits per heavy atom. The van der Waals surface area contributed by atoms with E-state index >= 15 is 0 Å². The Morgan fingerprint density at radius 2 is 2.25 bits per heavy atom. The number of rotatable bonds is 9. The fourth-order valence-corrected chi connectivity index (χ4v) is 2.97. The predicted molar refractivity (Wildman–Crippen MR) is 88.6 cm³/mol. The van der Waals surface area contributed by atoms with Gasteiger partial charge in [0.15, 0.2) is 0 Å². The van der Waals surface area contributed by atoms with Crippen LogP contribution in [0.15, 0.2) is 18.2 Å². The van der Waals surface area contributed by atoms with Crippen molar-refractivity contribution in [3.8, 4) is 5.75 Å². The largest absolute Gasteiger partial charge is 0.492 e. The van der Waals surface area contributed by atoms with Crippen LogP contribution in [0.2, 0.25) is 5.02 Å². The average Bonchev–Trinajstić information content (AvgIpc) is 3.26. The number of benzene rings is 1. The van der Waals surface area contributed by atoms with Crippen LogP contribution in [0.1, 0.15) is 51.1 Å². The van der Waals surface area contributed by atoms with Crippen molar-refractivity contribution in [1.29, 1.82) is 0 Å². The molecular weight excluding hydrogens is 290 g/mol. The molecular formula is C16H24ClNOS. The molecule has 1 fully saturated rings. The zero-order chi connectivity index (χ0) is 14.4. The maximum atomic E-state index is 6.20. The Bertz CT molecular complexity index is 423. The van der Waals surface area contributed by atoms with Crippen molar-refractivity contribution in [2.45, 2.75) is 45.6 Å². The molecule has 1 aliphatic carbocycles. The van der Waals surface area contributed by atoms with E-state index in [-0.39, 0.29) is 0 Å². The number of unbranched alkanes of at least 4 members (excludes halogenated alkanes) is 1. The second-order valence-corrected chi connectivity index (χ2v) is 6.83. The monoisotopic (exact) mass is 313 g/mol. The molecule has 20 heavy (non-hydrogen) atoms. The van der Waals surface area contributed by atoms with Gasteiger partial charge in [0, 0.05) is 11.8 Å². The Morgan fingerprint density at radius 1 is 1.45 bits per heavy atom. The molecule has 2 nitrogen and oxygen atoms in total. The average molecular weight is 314 g/mol. The Balaban J connectivity index is 1.87. The molecule has 0 spiro atoms. The molecule has 4 heteroatoms. The summed E-state index contributed by atoms with van der Waals surface area (Å²) in [7, 11) is 0. The Kier molecular flexibility index (Phi) is 6.53. The summed E-state index contributed by atoms with van der Waals surface area (Å²) in [6.45, 7) is 5.19. The summed E-state index contributed by atoms with van der Waals surface area (Å²) in [5, 5.41) is 0.709. The van der Waals surface area contributed by atoms with E-state index in [1.165, 1.54) is 31.2 Å². The number of ether oxygens (including phenoxy) is 1. The summed E-state index contributed by atoms with van der Waals surface area (Å²) in [5.74, 6) is 2.72. The van der Waals surface area contributed by atoms with E-state index < -0.39 is 0 Å². The van der Waals surface area contributed by atoms with Crippen LogP contribution >= 0.6 is 23.5 Å². The molecule has 0 aromatic heterocycles. The lowest BCUT2D eigenvalue weighted by atomic mass is 10.1. The highest BCUT2D eigenvalue weighted by Crippen LogP contribution is 2.33. The molecule has 112 valence electrons. The molecule has 0 saturated heterocycles. The summed E-state index contributed by atoms with van der Waals surface area (Å²) >= 11 is 8.00. The maximum Gasteiger partial charge on any atom is 0.138 e. The second kappa shape index (κ2) is 8.16. The highest BCUT2D eigenvalue weighted by atomic mass is 35.5. The van der Waals surface area contributed by atoms with E-state index in [2.05, 4.69) is 30.7 Å². The van der Waals surface area contributed by atoms with Gasteiger partial charge in [-0.2, -0.15) is 0 Å². The van der Waals surface area contributed by atoms with Crippen LogP contribution in [0.25, 0.3) is 0 Å². The van der Waals surface area contributed by atoms with Crippen LogP contribution in [0.5, 0.6) is 5.75 Å². The van der Waals surface area contributed by atoms with Crippen molar-refractivity contribution in [2.24, 2.45) is 5.92 Å². The van der Waals surface area contributed by atoms with Gasteiger partial charge in [-0.05, 0) is 49.8 Å². The third-order valence-electron chi connectivity index (χ3n) is 3.49. The minimum absolute atomic E-state index is 0.303. The first-order valence-electron chi connectivity index (χ1n) is 7.50. The Hall–Kier alpha value is -0.380. The topological polar surface area (TPSA) is 21.3 Å². The maximum absolute atomic E-state index is 6.20. The Labute approximate surface area is 131 Å². The lowest BCUT2D eigenvalue weighted by Gasteiger charge is -2.15. The van der Waals surface area contributed by atoms with Gasteiger partial charge in [-0.15, -0.1) is 0 Å². The summed E-state index contributed by atoms with van der Waals surface area (Å²) in [5.41, 5.74) is 1.23. The predicted octanol–water partition coefficient (Wildman–Crippen LogP) is 5.23. The van der Waals surface area contributed by atoms with Crippen molar-refractivity contribution in [2.75, 3.05) is 12.4 Å². The third-order valence-corrected chi connectivity index (χ3v) is 4.81. The van der Waals surface area contributed by atoms with Crippen molar-refractivity contribution in [1.82, 2.24) is 4.72 Å². The van der Waals surface area contributed by atoms with E-state index in [4.69, 9.17) is 16.3 Å². The third kappa shape index (κ3) is 5.19. The zero-order valence-corrected chi connectivity index (χ0v) is 13.9. The molecule has 1 aromatic rings. The first-order valence-corrected chi connectivity index (χ1v) is 8.86. The number of nitrogens with one attached hydrogen (secondary N) is 1. The first-order chi connectivity index (χ1) is 9.70. The standard InChI is InChI=1S/C16H24ClNOS/c1-3-4-9-20-18-12(2)14-7-8-15(17)16(10-14)19-11-13-5-6-13/h7-8,10,12-13,18H,3-6,9,11H2,1-2H3/t12-/m0/s1. The fourth-order valence-electron chi connectivity index (χ4n) is 1.86. The highest BCUT2D eigenvalue weighted by molar-refractivity contribution is 7.97. The summed E-state index contributed by atoms with van der Waals surface area (Å²) in [6.07, 6.45) is 5.08. The van der Waals surface area contributed by atoms with Crippen molar-refractivity contribution >= 4 is 23.5 Å². The summed E-state index contributed by atoms with van der Waals surface area (Å²) in [6, 6.07) is 6.39. The summed E-state index contributed by atoms with van der Waals surface area (Å²) in [4.78, 5) is 0. The van der Waals surface area contributed by atoms with Gasteiger partial charge in [0.2, 0.25) is 0 Å². The molecule has 0 radical (unpaired) electrons.